The van der Waals surface area contributed by atoms with Crippen LogP contribution in [0.2, 0.25) is 0 Å². The Bertz CT molecular complexity index is 1700. The van der Waals surface area contributed by atoms with Crippen molar-refractivity contribution in [2.75, 3.05) is 0 Å². The molecule has 2 N–H and O–H groups in total. The van der Waals surface area contributed by atoms with Crippen molar-refractivity contribution in [2.45, 2.75) is 6.61 Å². The molecule has 6 heteroatoms. The minimum atomic E-state index is -0.313. The zero-order valence-electron chi connectivity index (χ0n) is 18.1. The van der Waals surface area contributed by atoms with Crippen LogP contribution in [-0.2, 0) is 6.61 Å². The third-order valence-electron chi connectivity index (χ3n) is 6.02. The molecule has 6 rings (SSSR count). The van der Waals surface area contributed by atoms with Crippen LogP contribution < -0.4 is 5.56 Å². The van der Waals surface area contributed by atoms with Crippen LogP contribution in [0.3, 0.4) is 0 Å². The van der Waals surface area contributed by atoms with E-state index in [-0.39, 0.29) is 12.2 Å². The maximum absolute atomic E-state index is 13.8. The van der Waals surface area contributed by atoms with E-state index >= 15 is 0 Å². The minimum absolute atomic E-state index is 0.291. The second kappa shape index (κ2) is 8.10. The largest absolute Gasteiger partial charge is 0.390 e. The van der Waals surface area contributed by atoms with Gasteiger partial charge in [0.15, 0.2) is 0 Å². The van der Waals surface area contributed by atoms with Crippen LogP contribution in [0.1, 0.15) is 5.69 Å². The summed E-state index contributed by atoms with van der Waals surface area (Å²) in [5.41, 5.74) is 5.97. The molecule has 164 valence electrons. The number of H-pyrrole nitrogens is 1. The molecular formula is C28H20N4O2. The number of pyridine rings is 1. The maximum Gasteiger partial charge on any atom is 0.282 e. The summed E-state index contributed by atoms with van der Waals surface area (Å²) >= 11 is 0. The van der Waals surface area contributed by atoms with E-state index in [1.165, 1.54) is 4.52 Å². The van der Waals surface area contributed by atoms with Gasteiger partial charge in [-0.1, -0.05) is 72.8 Å². The molecule has 3 aromatic heterocycles. The fourth-order valence-electron chi connectivity index (χ4n) is 4.44. The van der Waals surface area contributed by atoms with Gasteiger partial charge in [0.2, 0.25) is 0 Å². The fraction of sp³-hybridized carbons (Fsp3) is 0.0357. The van der Waals surface area contributed by atoms with Crippen LogP contribution in [0, 0.1) is 0 Å². The number of benzene rings is 3. The number of nitrogens with one attached hydrogen (secondary N) is 1. The summed E-state index contributed by atoms with van der Waals surface area (Å²) in [5, 5.41) is 15.9. The van der Waals surface area contributed by atoms with E-state index < -0.39 is 0 Å². The molecule has 3 heterocycles. The number of aromatic amines is 1. The second-order valence-electron chi connectivity index (χ2n) is 8.07. The number of hydrogen-bond donors (Lipinski definition) is 2. The van der Waals surface area contributed by atoms with Gasteiger partial charge in [-0.05, 0) is 29.3 Å². The Morgan fingerprint density at radius 3 is 2.26 bits per heavy atom. The first-order chi connectivity index (χ1) is 16.7. The smallest absolute Gasteiger partial charge is 0.282 e. The van der Waals surface area contributed by atoms with Gasteiger partial charge in [0.05, 0.1) is 28.9 Å². The van der Waals surface area contributed by atoms with Crippen LogP contribution in [0.25, 0.3) is 50.1 Å². The van der Waals surface area contributed by atoms with Gasteiger partial charge in [-0.25, -0.2) is 0 Å². The minimum Gasteiger partial charge on any atom is -0.390 e. The topological polar surface area (TPSA) is 83.3 Å². The monoisotopic (exact) mass is 444 g/mol. The van der Waals surface area contributed by atoms with Gasteiger partial charge in [0.1, 0.15) is 11.3 Å². The molecule has 0 radical (unpaired) electrons. The molecule has 6 nitrogen and oxygen atoms in total. The van der Waals surface area contributed by atoms with Crippen LogP contribution in [0.4, 0.5) is 0 Å². The van der Waals surface area contributed by atoms with Gasteiger partial charge in [0.25, 0.3) is 5.56 Å². The van der Waals surface area contributed by atoms with E-state index in [2.05, 4.69) is 9.97 Å². The lowest BCUT2D eigenvalue weighted by Gasteiger charge is -2.10. The van der Waals surface area contributed by atoms with Crippen LogP contribution in [-0.4, -0.2) is 24.7 Å². The highest BCUT2D eigenvalue weighted by Gasteiger charge is 2.22. The Morgan fingerprint density at radius 2 is 1.53 bits per heavy atom. The average molecular weight is 444 g/mol. The number of nitrogens with zero attached hydrogens (tertiary/aromatic N) is 3. The summed E-state index contributed by atoms with van der Waals surface area (Å²) in [4.78, 5) is 21.5. The first kappa shape index (κ1) is 20.1. The summed E-state index contributed by atoms with van der Waals surface area (Å²) in [6, 6.07) is 29.1. The van der Waals surface area contributed by atoms with E-state index in [0.29, 0.717) is 28.2 Å². The molecule has 6 aromatic rings. The van der Waals surface area contributed by atoms with Crippen LogP contribution >= 0.6 is 0 Å². The average Bonchev–Trinajstić information content (AvgIpc) is 3.29. The number of fused-ring (bicyclic) bond motifs is 2. The number of aliphatic hydroxyl groups excluding tert-OH is 1. The van der Waals surface area contributed by atoms with Crippen molar-refractivity contribution in [2.24, 2.45) is 0 Å². The predicted octanol–water partition coefficient (Wildman–Crippen LogP) is 5.06. The van der Waals surface area contributed by atoms with E-state index in [1.54, 1.807) is 6.20 Å². The molecule has 0 unspecified atom stereocenters. The van der Waals surface area contributed by atoms with E-state index in [1.807, 2.05) is 91.0 Å². The second-order valence-corrected chi connectivity index (χ2v) is 8.07. The molecular weight excluding hydrogens is 424 g/mol. The van der Waals surface area contributed by atoms with Crippen LogP contribution in [0.5, 0.6) is 0 Å². The number of aromatic nitrogens is 4. The molecule has 0 saturated carbocycles. The van der Waals surface area contributed by atoms with Gasteiger partial charge >= 0.3 is 0 Å². The molecule has 3 aromatic carbocycles. The molecule has 0 spiro atoms. The van der Waals surface area contributed by atoms with Crippen LogP contribution in [0.15, 0.2) is 102 Å². The zero-order chi connectivity index (χ0) is 23.1. The van der Waals surface area contributed by atoms with Gasteiger partial charge < -0.3 is 10.1 Å². The van der Waals surface area contributed by atoms with Gasteiger partial charge in [-0.3, -0.25) is 9.78 Å². The summed E-state index contributed by atoms with van der Waals surface area (Å²) in [6.07, 6.45) is 1.74. The first-order valence-corrected chi connectivity index (χ1v) is 11.0. The standard InChI is InChI=1S/C28H20N4O2/c33-17-23-24(21-13-14-22-20(16-21)12-7-15-29-22)28(34)32-27(30-23)25(18-8-3-1-4-9-18)26(31-32)19-10-5-2-6-11-19/h1-16,30,33H,17H2. The molecule has 0 atom stereocenters. The number of hydrogen-bond acceptors (Lipinski definition) is 4. The third-order valence-corrected chi connectivity index (χ3v) is 6.02. The van der Waals surface area contributed by atoms with Gasteiger partial charge in [0, 0.05) is 17.1 Å². The Labute approximate surface area is 194 Å². The lowest BCUT2D eigenvalue weighted by molar-refractivity contribution is 0.277. The van der Waals surface area contributed by atoms with Gasteiger partial charge in [-0.15, -0.1) is 0 Å². The molecule has 0 bridgehead atoms. The highest BCUT2D eigenvalue weighted by Crippen LogP contribution is 2.35. The van der Waals surface area contributed by atoms with Gasteiger partial charge in [-0.2, -0.15) is 9.61 Å². The van der Waals surface area contributed by atoms with E-state index in [9.17, 15) is 9.90 Å². The first-order valence-electron chi connectivity index (χ1n) is 11.0. The lowest BCUT2D eigenvalue weighted by atomic mass is 10.0. The molecule has 0 amide bonds. The summed E-state index contributed by atoms with van der Waals surface area (Å²) in [7, 11) is 0. The third kappa shape index (κ3) is 3.20. The maximum atomic E-state index is 13.8. The summed E-state index contributed by atoms with van der Waals surface area (Å²) in [6.45, 7) is -0.313. The van der Waals surface area contributed by atoms with Crippen molar-refractivity contribution in [3.05, 3.63) is 113 Å². The fourth-order valence-corrected chi connectivity index (χ4v) is 4.44. The molecule has 0 aliphatic carbocycles. The Morgan fingerprint density at radius 1 is 0.794 bits per heavy atom. The Balaban J connectivity index is 1.68. The number of rotatable bonds is 4. The molecule has 0 aliphatic heterocycles. The highest BCUT2D eigenvalue weighted by molar-refractivity contribution is 5.91. The SMILES string of the molecule is O=c1c(-c2ccc3ncccc3c2)c(CO)[nH]c2c(-c3ccccc3)c(-c3ccccc3)nn12. The number of aliphatic hydroxyl groups is 1. The van der Waals surface area contributed by atoms with Crippen molar-refractivity contribution in [1.82, 2.24) is 19.6 Å². The zero-order valence-corrected chi connectivity index (χ0v) is 18.1. The molecule has 34 heavy (non-hydrogen) atoms. The van der Waals surface area contributed by atoms with E-state index in [4.69, 9.17) is 5.10 Å². The van der Waals surface area contributed by atoms with Crippen molar-refractivity contribution in [3.63, 3.8) is 0 Å². The Hall–Kier alpha value is -4.55. The molecule has 0 aliphatic rings. The Kier molecular flexibility index (Phi) is 4.78. The van der Waals surface area contributed by atoms with Crippen molar-refractivity contribution >= 4 is 16.6 Å². The van der Waals surface area contributed by atoms with Crippen molar-refractivity contribution in [1.29, 1.82) is 0 Å². The molecule has 0 saturated heterocycles. The predicted molar refractivity (Wildman–Crippen MR) is 133 cm³/mol. The highest BCUT2D eigenvalue weighted by atomic mass is 16.3. The molecule has 0 fully saturated rings. The van der Waals surface area contributed by atoms with E-state index in [0.717, 1.165) is 27.6 Å². The quantitative estimate of drug-likeness (QED) is 0.398. The lowest BCUT2D eigenvalue weighted by Crippen LogP contribution is -2.20. The summed E-state index contributed by atoms with van der Waals surface area (Å²) in [5.74, 6) is 0. The van der Waals surface area contributed by atoms with Crippen molar-refractivity contribution < 1.29 is 5.11 Å². The van der Waals surface area contributed by atoms with Crippen molar-refractivity contribution in [3.8, 4) is 33.5 Å². The summed E-state index contributed by atoms with van der Waals surface area (Å²) < 4.78 is 1.41. The normalized spacial score (nSPS) is 11.3.